The second kappa shape index (κ2) is 8.39. The van der Waals surface area contributed by atoms with E-state index in [0.717, 1.165) is 11.1 Å². The van der Waals surface area contributed by atoms with Crippen molar-refractivity contribution in [3.05, 3.63) is 95.1 Å². The standard InChI is InChI=1S/C23H21NO4/c1-15-8-9-16(2)20(14-15)24-22(26)21(17-6-4-3-5-7-17)28-23(27)18-10-12-19(25)13-11-18/h3-14,21,25H,1-2H3,(H,24,26)/t21-/m1/s1. The van der Waals surface area contributed by atoms with Crippen molar-refractivity contribution < 1.29 is 19.4 Å². The number of phenols is 1. The molecule has 5 nitrogen and oxygen atoms in total. The number of rotatable bonds is 5. The molecule has 0 spiro atoms. The van der Waals surface area contributed by atoms with Gasteiger partial charge in [-0.3, -0.25) is 4.79 Å². The summed E-state index contributed by atoms with van der Waals surface area (Å²) in [7, 11) is 0. The molecule has 0 heterocycles. The Balaban J connectivity index is 1.86. The molecule has 0 fully saturated rings. The van der Waals surface area contributed by atoms with Crippen molar-refractivity contribution in [2.75, 3.05) is 5.32 Å². The maximum absolute atomic E-state index is 13.0. The Bertz CT molecular complexity index is 981. The summed E-state index contributed by atoms with van der Waals surface area (Å²) >= 11 is 0. The number of carbonyl (C=O) groups is 2. The van der Waals surface area contributed by atoms with E-state index in [1.807, 2.05) is 38.1 Å². The smallest absolute Gasteiger partial charge is 0.339 e. The van der Waals surface area contributed by atoms with Crippen LogP contribution in [-0.4, -0.2) is 17.0 Å². The molecular weight excluding hydrogens is 354 g/mol. The molecule has 2 N–H and O–H groups in total. The Morgan fingerprint density at radius 2 is 1.61 bits per heavy atom. The summed E-state index contributed by atoms with van der Waals surface area (Å²) in [6, 6.07) is 20.3. The molecule has 0 aromatic heterocycles. The van der Waals surface area contributed by atoms with E-state index in [0.29, 0.717) is 11.3 Å². The van der Waals surface area contributed by atoms with Gasteiger partial charge in [-0.05, 0) is 55.3 Å². The van der Waals surface area contributed by atoms with Gasteiger partial charge in [0, 0.05) is 11.3 Å². The lowest BCUT2D eigenvalue weighted by Gasteiger charge is -2.19. The van der Waals surface area contributed by atoms with Crippen molar-refractivity contribution in [2.45, 2.75) is 20.0 Å². The fraction of sp³-hybridized carbons (Fsp3) is 0.130. The average Bonchev–Trinajstić information content (AvgIpc) is 2.70. The van der Waals surface area contributed by atoms with Gasteiger partial charge in [0.2, 0.25) is 6.10 Å². The van der Waals surface area contributed by atoms with Gasteiger partial charge < -0.3 is 15.2 Å². The number of amides is 1. The lowest BCUT2D eigenvalue weighted by atomic mass is 10.1. The molecular formula is C23H21NO4. The van der Waals surface area contributed by atoms with Gasteiger partial charge in [-0.1, -0.05) is 42.5 Å². The molecule has 0 bridgehead atoms. The average molecular weight is 375 g/mol. The Labute approximate surface area is 163 Å². The lowest BCUT2D eigenvalue weighted by molar-refractivity contribution is -0.125. The van der Waals surface area contributed by atoms with Crippen molar-refractivity contribution in [3.8, 4) is 5.75 Å². The molecule has 3 aromatic rings. The first-order valence-corrected chi connectivity index (χ1v) is 8.87. The van der Waals surface area contributed by atoms with Gasteiger partial charge in [0.05, 0.1) is 5.56 Å². The molecule has 0 aliphatic carbocycles. The number of aromatic hydroxyl groups is 1. The summed E-state index contributed by atoms with van der Waals surface area (Å²) in [4.78, 5) is 25.5. The van der Waals surface area contributed by atoms with E-state index in [1.165, 1.54) is 24.3 Å². The number of hydrogen-bond acceptors (Lipinski definition) is 4. The number of hydrogen-bond donors (Lipinski definition) is 2. The number of benzene rings is 3. The monoisotopic (exact) mass is 375 g/mol. The predicted octanol–water partition coefficient (Wildman–Crippen LogP) is 4.55. The number of nitrogens with one attached hydrogen (secondary N) is 1. The van der Waals surface area contributed by atoms with Gasteiger partial charge >= 0.3 is 5.97 Å². The summed E-state index contributed by atoms with van der Waals surface area (Å²) in [5.41, 5.74) is 3.41. The van der Waals surface area contributed by atoms with Gasteiger partial charge in [-0.15, -0.1) is 0 Å². The summed E-state index contributed by atoms with van der Waals surface area (Å²) in [5.74, 6) is -1.04. The van der Waals surface area contributed by atoms with Gasteiger partial charge in [-0.2, -0.15) is 0 Å². The number of anilines is 1. The van der Waals surface area contributed by atoms with E-state index in [2.05, 4.69) is 5.32 Å². The van der Waals surface area contributed by atoms with E-state index in [1.54, 1.807) is 24.3 Å². The van der Waals surface area contributed by atoms with E-state index in [4.69, 9.17) is 4.74 Å². The molecule has 0 radical (unpaired) electrons. The highest BCUT2D eigenvalue weighted by molar-refractivity contribution is 5.98. The van der Waals surface area contributed by atoms with Gasteiger partial charge in [0.25, 0.3) is 5.91 Å². The zero-order valence-corrected chi connectivity index (χ0v) is 15.7. The molecule has 0 aliphatic heterocycles. The van der Waals surface area contributed by atoms with E-state index in [9.17, 15) is 14.7 Å². The Morgan fingerprint density at radius 1 is 0.929 bits per heavy atom. The van der Waals surface area contributed by atoms with Crippen molar-refractivity contribution in [1.82, 2.24) is 0 Å². The van der Waals surface area contributed by atoms with Gasteiger partial charge in [-0.25, -0.2) is 4.79 Å². The van der Waals surface area contributed by atoms with Crippen LogP contribution in [0, 0.1) is 13.8 Å². The molecule has 142 valence electrons. The van der Waals surface area contributed by atoms with Crippen molar-refractivity contribution in [3.63, 3.8) is 0 Å². The first-order valence-electron chi connectivity index (χ1n) is 8.87. The molecule has 28 heavy (non-hydrogen) atoms. The van der Waals surface area contributed by atoms with E-state index >= 15 is 0 Å². The number of carbonyl (C=O) groups excluding carboxylic acids is 2. The molecule has 0 saturated carbocycles. The highest BCUT2D eigenvalue weighted by atomic mass is 16.5. The van der Waals surface area contributed by atoms with Crippen molar-refractivity contribution in [2.24, 2.45) is 0 Å². The van der Waals surface area contributed by atoms with Crippen LogP contribution in [0.5, 0.6) is 5.75 Å². The van der Waals surface area contributed by atoms with Crippen molar-refractivity contribution in [1.29, 1.82) is 0 Å². The lowest BCUT2D eigenvalue weighted by Crippen LogP contribution is -2.26. The highest BCUT2D eigenvalue weighted by Gasteiger charge is 2.26. The third-order valence-corrected chi connectivity index (χ3v) is 4.32. The predicted molar refractivity (Wildman–Crippen MR) is 107 cm³/mol. The van der Waals surface area contributed by atoms with Crippen molar-refractivity contribution >= 4 is 17.6 Å². The highest BCUT2D eigenvalue weighted by Crippen LogP contribution is 2.24. The summed E-state index contributed by atoms with van der Waals surface area (Å²) in [6.45, 7) is 3.84. The molecule has 3 rings (SSSR count). The summed E-state index contributed by atoms with van der Waals surface area (Å²) in [5, 5.41) is 12.2. The molecule has 0 saturated heterocycles. The zero-order chi connectivity index (χ0) is 20.1. The third kappa shape index (κ3) is 4.57. The molecule has 0 unspecified atom stereocenters. The first-order chi connectivity index (χ1) is 13.4. The number of phenolic OH excluding ortho intramolecular Hbond substituents is 1. The third-order valence-electron chi connectivity index (χ3n) is 4.32. The molecule has 1 atom stereocenters. The minimum atomic E-state index is -1.11. The Hall–Kier alpha value is -3.60. The maximum atomic E-state index is 13.0. The minimum absolute atomic E-state index is 0.0452. The number of esters is 1. The molecule has 5 heteroatoms. The zero-order valence-electron chi connectivity index (χ0n) is 15.7. The fourth-order valence-corrected chi connectivity index (χ4v) is 2.74. The van der Waals surface area contributed by atoms with Crippen LogP contribution in [0.3, 0.4) is 0 Å². The Morgan fingerprint density at radius 3 is 2.29 bits per heavy atom. The second-order valence-electron chi connectivity index (χ2n) is 6.55. The van der Waals surface area contributed by atoms with Crippen LogP contribution in [0.2, 0.25) is 0 Å². The topological polar surface area (TPSA) is 75.6 Å². The van der Waals surface area contributed by atoms with E-state index in [-0.39, 0.29) is 11.3 Å². The second-order valence-corrected chi connectivity index (χ2v) is 6.55. The SMILES string of the molecule is Cc1ccc(C)c(NC(=O)[C@H](OC(=O)c2ccc(O)cc2)c2ccccc2)c1. The molecule has 3 aromatic carbocycles. The van der Waals surface area contributed by atoms with Gasteiger partial charge in [0.15, 0.2) is 0 Å². The minimum Gasteiger partial charge on any atom is -0.508 e. The summed E-state index contributed by atoms with van der Waals surface area (Å²) < 4.78 is 5.53. The first kappa shape index (κ1) is 19.2. The van der Waals surface area contributed by atoms with Crippen LogP contribution in [0.15, 0.2) is 72.8 Å². The normalized spacial score (nSPS) is 11.5. The Kier molecular flexibility index (Phi) is 5.75. The number of ether oxygens (including phenoxy) is 1. The largest absolute Gasteiger partial charge is 0.508 e. The van der Waals surface area contributed by atoms with Crippen LogP contribution >= 0.6 is 0 Å². The van der Waals surface area contributed by atoms with E-state index < -0.39 is 18.0 Å². The van der Waals surface area contributed by atoms with Gasteiger partial charge in [0.1, 0.15) is 5.75 Å². The van der Waals surface area contributed by atoms with Crippen LogP contribution in [-0.2, 0) is 9.53 Å². The summed E-state index contributed by atoms with van der Waals surface area (Å²) in [6.07, 6.45) is -1.11. The maximum Gasteiger partial charge on any atom is 0.339 e. The van der Waals surface area contributed by atoms with Crippen LogP contribution in [0.4, 0.5) is 5.69 Å². The molecule has 0 aliphatic rings. The van der Waals surface area contributed by atoms with Crippen LogP contribution in [0.1, 0.15) is 33.2 Å². The number of aryl methyl sites for hydroxylation is 2. The van der Waals surface area contributed by atoms with Crippen LogP contribution < -0.4 is 5.32 Å². The molecule has 1 amide bonds. The van der Waals surface area contributed by atoms with Crippen LogP contribution in [0.25, 0.3) is 0 Å². The quantitative estimate of drug-likeness (QED) is 0.642. The fourth-order valence-electron chi connectivity index (χ4n) is 2.74.